The molecule has 2 heterocycles. The van der Waals surface area contributed by atoms with Crippen LogP contribution in [0, 0.1) is 0 Å². The Hall–Kier alpha value is -1.42. The summed E-state index contributed by atoms with van der Waals surface area (Å²) in [5.41, 5.74) is 7.36. The van der Waals surface area contributed by atoms with E-state index in [4.69, 9.17) is 12.2 Å². The molecule has 2 aliphatic heterocycles. The van der Waals surface area contributed by atoms with Gasteiger partial charge in [-0.15, -0.1) is 0 Å². The predicted molar refractivity (Wildman–Crippen MR) is 96.9 cm³/mol. The standard InChI is InChI=1S/C16H14N2OS3/c1-3-17-11-7-5-6-8-12(11)21-14(17)10-9-13-15(19)18(4-2)16(20)22-13/h5-8H,3-4H2,1-2H3. The first kappa shape index (κ1) is 15.5. The third-order valence-corrected chi connectivity index (χ3v) is 5.80. The Labute approximate surface area is 143 Å². The van der Waals surface area contributed by atoms with Crippen LogP contribution in [0.5, 0.6) is 0 Å². The molecule has 2 aliphatic rings. The van der Waals surface area contributed by atoms with Crippen molar-refractivity contribution < 1.29 is 4.79 Å². The van der Waals surface area contributed by atoms with Crippen molar-refractivity contribution in [3.05, 3.63) is 45.7 Å². The summed E-state index contributed by atoms with van der Waals surface area (Å²) in [6.07, 6.45) is 0. The lowest BCUT2D eigenvalue weighted by molar-refractivity contribution is -0.122. The van der Waals surface area contributed by atoms with Crippen LogP contribution >= 0.6 is 35.7 Å². The van der Waals surface area contributed by atoms with Crippen molar-refractivity contribution in [3.63, 3.8) is 0 Å². The Kier molecular flexibility index (Phi) is 4.48. The topological polar surface area (TPSA) is 23.6 Å². The Bertz CT molecular complexity index is 758. The summed E-state index contributed by atoms with van der Waals surface area (Å²) < 4.78 is 0.594. The predicted octanol–water partition coefficient (Wildman–Crippen LogP) is 3.98. The van der Waals surface area contributed by atoms with Gasteiger partial charge in [-0.3, -0.25) is 9.69 Å². The van der Waals surface area contributed by atoms with Gasteiger partial charge in [-0.2, -0.15) is 0 Å². The van der Waals surface area contributed by atoms with E-state index < -0.39 is 0 Å². The summed E-state index contributed by atoms with van der Waals surface area (Å²) >= 11 is 8.14. The van der Waals surface area contributed by atoms with Crippen molar-refractivity contribution in [3.8, 4) is 0 Å². The molecule has 3 rings (SSSR count). The first-order valence-corrected chi connectivity index (χ1v) is 9.03. The number of hydrogen-bond acceptors (Lipinski definition) is 5. The quantitative estimate of drug-likeness (QED) is 0.458. The second-order valence-electron chi connectivity index (χ2n) is 4.62. The van der Waals surface area contributed by atoms with E-state index >= 15 is 0 Å². The van der Waals surface area contributed by atoms with Crippen molar-refractivity contribution in [1.82, 2.24) is 4.90 Å². The average molecular weight is 347 g/mol. The Morgan fingerprint density at radius 3 is 2.50 bits per heavy atom. The molecule has 6 heteroatoms. The van der Waals surface area contributed by atoms with Gasteiger partial charge in [-0.25, -0.2) is 0 Å². The van der Waals surface area contributed by atoms with Crippen molar-refractivity contribution in [1.29, 1.82) is 0 Å². The third-order valence-electron chi connectivity index (χ3n) is 3.37. The van der Waals surface area contributed by atoms with Crippen molar-refractivity contribution in [2.24, 2.45) is 0 Å². The van der Waals surface area contributed by atoms with E-state index in [2.05, 4.69) is 35.4 Å². The van der Waals surface area contributed by atoms with Gasteiger partial charge in [-0.1, -0.05) is 36.1 Å². The highest BCUT2D eigenvalue weighted by Crippen LogP contribution is 2.45. The molecule has 1 saturated heterocycles. The van der Waals surface area contributed by atoms with Gasteiger partial charge in [0.15, 0.2) is 0 Å². The number of benzene rings is 1. The lowest BCUT2D eigenvalue weighted by Crippen LogP contribution is -2.27. The van der Waals surface area contributed by atoms with Gasteiger partial charge in [0.25, 0.3) is 5.91 Å². The van der Waals surface area contributed by atoms with Crippen LogP contribution < -0.4 is 4.90 Å². The molecule has 0 radical (unpaired) electrons. The minimum Gasteiger partial charge on any atom is -0.328 e. The second-order valence-corrected chi connectivity index (χ2v) is 7.29. The van der Waals surface area contributed by atoms with Gasteiger partial charge in [0, 0.05) is 18.0 Å². The zero-order chi connectivity index (χ0) is 15.7. The van der Waals surface area contributed by atoms with Crippen molar-refractivity contribution >= 4 is 51.7 Å². The number of anilines is 1. The number of rotatable bonds is 2. The fourth-order valence-electron chi connectivity index (χ4n) is 2.30. The average Bonchev–Trinajstić information content (AvgIpc) is 3.01. The maximum atomic E-state index is 12.2. The molecule has 0 atom stereocenters. The number of thiocarbonyl (C=S) groups is 1. The lowest BCUT2D eigenvalue weighted by atomic mass is 10.3. The smallest absolute Gasteiger partial charge is 0.274 e. The number of fused-ring (bicyclic) bond motifs is 1. The molecule has 3 nitrogen and oxygen atoms in total. The molecular weight excluding hydrogens is 332 g/mol. The monoisotopic (exact) mass is 346 g/mol. The summed E-state index contributed by atoms with van der Waals surface area (Å²) in [6, 6.07) is 8.24. The number of para-hydroxylation sites is 1. The van der Waals surface area contributed by atoms with Gasteiger partial charge < -0.3 is 4.90 Å². The summed E-state index contributed by atoms with van der Waals surface area (Å²) in [7, 11) is 0. The van der Waals surface area contributed by atoms with Gasteiger partial charge in [-0.05, 0) is 49.2 Å². The summed E-state index contributed by atoms with van der Waals surface area (Å²) in [6.45, 7) is 5.46. The van der Waals surface area contributed by atoms with E-state index in [9.17, 15) is 4.79 Å². The number of carbonyl (C=O) groups is 1. The molecule has 1 amide bonds. The molecule has 0 saturated carbocycles. The lowest BCUT2D eigenvalue weighted by Gasteiger charge is -2.15. The van der Waals surface area contributed by atoms with E-state index in [0.717, 1.165) is 11.6 Å². The molecule has 0 bridgehead atoms. The Morgan fingerprint density at radius 2 is 1.82 bits per heavy atom. The van der Waals surface area contributed by atoms with Crippen LogP contribution in [0.25, 0.3) is 0 Å². The van der Waals surface area contributed by atoms with Crippen LogP contribution in [-0.4, -0.2) is 28.2 Å². The number of thioether (sulfide) groups is 2. The molecule has 0 aromatic heterocycles. The Balaban J connectivity index is 2.01. The maximum Gasteiger partial charge on any atom is 0.274 e. The minimum atomic E-state index is -0.0749. The SMILES string of the molecule is CCN1C(=O)C(=C=C=C2Sc3ccccc3N2CC)SC1=S. The highest BCUT2D eigenvalue weighted by atomic mass is 32.2. The zero-order valence-corrected chi connectivity index (χ0v) is 14.7. The van der Waals surface area contributed by atoms with Gasteiger partial charge in [0.1, 0.15) is 14.3 Å². The molecule has 1 fully saturated rings. The Morgan fingerprint density at radius 1 is 1.09 bits per heavy atom. The molecule has 0 N–H and O–H groups in total. The molecule has 22 heavy (non-hydrogen) atoms. The first-order chi connectivity index (χ1) is 10.7. The minimum absolute atomic E-state index is 0.0749. The van der Waals surface area contributed by atoms with Crippen LogP contribution in [0.2, 0.25) is 0 Å². The van der Waals surface area contributed by atoms with E-state index in [1.54, 1.807) is 16.7 Å². The first-order valence-electron chi connectivity index (χ1n) is 6.99. The molecule has 1 aromatic carbocycles. The fraction of sp³-hybridized carbons (Fsp3) is 0.250. The number of nitrogens with zero attached hydrogens (tertiary/aromatic N) is 2. The van der Waals surface area contributed by atoms with Crippen molar-refractivity contribution in [2.45, 2.75) is 18.7 Å². The number of amides is 1. The van der Waals surface area contributed by atoms with E-state index in [-0.39, 0.29) is 5.91 Å². The summed E-state index contributed by atoms with van der Waals surface area (Å²) in [5, 5.41) is 0.963. The number of likely N-dealkylation sites (N-methyl/N-ethyl adjacent to an activating group) is 1. The van der Waals surface area contributed by atoms with E-state index in [1.807, 2.05) is 19.1 Å². The number of carbonyl (C=O) groups excluding carboxylic acids is 1. The van der Waals surface area contributed by atoms with Crippen LogP contribution in [0.15, 0.2) is 50.6 Å². The summed E-state index contributed by atoms with van der Waals surface area (Å²) in [4.78, 5) is 17.7. The fourth-order valence-corrected chi connectivity index (χ4v) is 4.63. The van der Waals surface area contributed by atoms with Crippen LogP contribution in [-0.2, 0) is 4.79 Å². The van der Waals surface area contributed by atoms with E-state index in [1.165, 1.54) is 22.3 Å². The van der Waals surface area contributed by atoms with Gasteiger partial charge in [0.05, 0.1) is 5.69 Å². The number of hydrogen-bond donors (Lipinski definition) is 0. The highest BCUT2D eigenvalue weighted by molar-refractivity contribution is 8.26. The molecule has 1 aromatic rings. The van der Waals surface area contributed by atoms with Crippen LogP contribution in [0.4, 0.5) is 5.69 Å². The van der Waals surface area contributed by atoms with Crippen LogP contribution in [0.3, 0.4) is 0 Å². The molecule has 0 aliphatic carbocycles. The highest BCUT2D eigenvalue weighted by Gasteiger charge is 2.31. The largest absolute Gasteiger partial charge is 0.328 e. The van der Waals surface area contributed by atoms with Gasteiger partial charge in [0.2, 0.25) is 0 Å². The third kappa shape index (κ3) is 2.65. The molecule has 0 spiro atoms. The summed E-state index contributed by atoms with van der Waals surface area (Å²) in [5.74, 6) is -0.0749. The molecular formula is C16H14N2OS3. The maximum absolute atomic E-state index is 12.2. The second kappa shape index (κ2) is 6.37. The normalized spacial score (nSPS) is 17.0. The molecule has 112 valence electrons. The van der Waals surface area contributed by atoms with Crippen LogP contribution in [0.1, 0.15) is 13.8 Å². The zero-order valence-electron chi connectivity index (χ0n) is 12.3. The molecule has 0 unspecified atom stereocenters. The van der Waals surface area contributed by atoms with Gasteiger partial charge >= 0.3 is 0 Å². The van der Waals surface area contributed by atoms with E-state index in [0.29, 0.717) is 15.8 Å². The van der Waals surface area contributed by atoms with Crippen molar-refractivity contribution in [2.75, 3.05) is 18.0 Å².